The van der Waals surface area contributed by atoms with Crippen molar-refractivity contribution in [1.82, 2.24) is 4.98 Å². The van der Waals surface area contributed by atoms with Gasteiger partial charge in [-0.2, -0.15) is 0 Å². The molecule has 0 spiro atoms. The van der Waals surface area contributed by atoms with E-state index in [1.54, 1.807) is 0 Å². The highest BCUT2D eigenvalue weighted by molar-refractivity contribution is 5.83. The minimum Gasteiger partial charge on any atom is -0.256 e. The molecule has 0 aliphatic rings. The number of benzene rings is 2. The lowest BCUT2D eigenvalue weighted by Gasteiger charge is -2.16. The molecule has 0 saturated carbocycles. The normalized spacial score (nSPS) is 10.9. The van der Waals surface area contributed by atoms with Gasteiger partial charge in [0, 0.05) is 11.8 Å². The second-order valence-corrected chi connectivity index (χ2v) is 7.03. The number of rotatable bonds is 4. The van der Waals surface area contributed by atoms with Crippen LogP contribution in [-0.4, -0.2) is 4.98 Å². The molecule has 0 bridgehead atoms. The average Bonchev–Trinajstić information content (AvgIpc) is 2.60. The second-order valence-electron chi connectivity index (χ2n) is 7.03. The summed E-state index contributed by atoms with van der Waals surface area (Å²) in [5, 5.41) is 0. The third-order valence-corrected chi connectivity index (χ3v) is 4.56. The number of hydrogen-bond acceptors (Lipinski definition) is 1. The van der Waals surface area contributed by atoms with Crippen molar-refractivity contribution in [3.63, 3.8) is 0 Å². The minimum atomic E-state index is 0.398. The Morgan fingerprint density at radius 2 is 1.60 bits per heavy atom. The zero-order chi connectivity index (χ0) is 18.0. The monoisotopic (exact) mass is 327 g/mol. The van der Waals surface area contributed by atoms with Gasteiger partial charge in [0.1, 0.15) is 0 Å². The summed E-state index contributed by atoms with van der Waals surface area (Å²) in [5.74, 6) is 0.398. The van der Waals surface area contributed by atoms with Gasteiger partial charge in [0.25, 0.3) is 0 Å². The van der Waals surface area contributed by atoms with Crippen LogP contribution in [0.3, 0.4) is 0 Å². The van der Waals surface area contributed by atoms with E-state index in [4.69, 9.17) is 0 Å². The van der Waals surface area contributed by atoms with Crippen LogP contribution in [0.2, 0.25) is 0 Å². The van der Waals surface area contributed by atoms with Crippen LogP contribution >= 0.6 is 0 Å². The molecule has 0 fully saturated rings. The lowest BCUT2D eigenvalue weighted by molar-refractivity contribution is 0.858. The van der Waals surface area contributed by atoms with E-state index in [0.29, 0.717) is 5.92 Å². The first kappa shape index (κ1) is 17.2. The maximum absolute atomic E-state index is 4.58. The first-order valence-electron chi connectivity index (χ1n) is 8.79. The Morgan fingerprint density at radius 1 is 0.880 bits per heavy atom. The van der Waals surface area contributed by atoms with Crippen LogP contribution in [0.5, 0.6) is 0 Å². The summed E-state index contributed by atoms with van der Waals surface area (Å²) in [4.78, 5) is 4.58. The van der Waals surface area contributed by atoms with Crippen LogP contribution in [0, 0.1) is 19.8 Å². The van der Waals surface area contributed by atoms with Gasteiger partial charge in [0.2, 0.25) is 0 Å². The lowest BCUT2D eigenvalue weighted by atomic mass is 9.89. The average molecular weight is 327 g/mol. The molecule has 0 aliphatic carbocycles. The first-order chi connectivity index (χ1) is 12.0. The van der Waals surface area contributed by atoms with Crippen LogP contribution in [0.25, 0.3) is 28.0 Å². The molecule has 0 aliphatic heterocycles. The predicted molar refractivity (Wildman–Crippen MR) is 108 cm³/mol. The number of pyridine rings is 1. The number of aromatic nitrogens is 1. The van der Waals surface area contributed by atoms with E-state index in [1.165, 1.54) is 27.8 Å². The number of hydrogen-bond donors (Lipinski definition) is 0. The Bertz CT molecular complexity index is 884. The number of aryl methyl sites for hydroxylation is 2. The van der Waals surface area contributed by atoms with Crippen molar-refractivity contribution in [1.29, 1.82) is 0 Å². The standard InChI is InChI=1S/C24H25N/c1-16(2)19(5)22-10-9-20(21-13-17(3)12-18(4)14-21)15-23(22)24-8-6-7-11-25-24/h6-16H,5H2,1-4H3. The molecule has 1 nitrogen and oxygen atoms in total. The summed E-state index contributed by atoms with van der Waals surface area (Å²) in [5.41, 5.74) is 9.50. The molecule has 3 rings (SSSR count). The second kappa shape index (κ2) is 7.06. The molecule has 0 radical (unpaired) electrons. The van der Waals surface area contributed by atoms with Gasteiger partial charge in [-0.15, -0.1) is 0 Å². The van der Waals surface area contributed by atoms with Gasteiger partial charge in [-0.3, -0.25) is 4.98 Å². The smallest absolute Gasteiger partial charge is 0.0708 e. The van der Waals surface area contributed by atoms with Crippen molar-refractivity contribution in [3.05, 3.63) is 84.1 Å². The van der Waals surface area contributed by atoms with Crippen LogP contribution < -0.4 is 0 Å². The first-order valence-corrected chi connectivity index (χ1v) is 8.79. The van der Waals surface area contributed by atoms with Gasteiger partial charge in [0.05, 0.1) is 5.69 Å². The molecular formula is C24H25N. The Hall–Kier alpha value is -2.67. The Balaban J connectivity index is 2.19. The summed E-state index contributed by atoms with van der Waals surface area (Å²) in [6.07, 6.45) is 1.85. The van der Waals surface area contributed by atoms with Crippen LogP contribution in [0.4, 0.5) is 0 Å². The number of allylic oxidation sites excluding steroid dienone is 1. The molecule has 3 aromatic rings. The molecule has 0 saturated heterocycles. The Labute approximate surface area is 151 Å². The van der Waals surface area contributed by atoms with Crippen LogP contribution in [0.15, 0.2) is 67.4 Å². The van der Waals surface area contributed by atoms with Gasteiger partial charge in [0.15, 0.2) is 0 Å². The summed E-state index contributed by atoms with van der Waals surface area (Å²) >= 11 is 0. The lowest BCUT2D eigenvalue weighted by Crippen LogP contribution is -1.97. The van der Waals surface area contributed by atoms with E-state index in [9.17, 15) is 0 Å². The highest BCUT2D eigenvalue weighted by Crippen LogP contribution is 2.34. The fourth-order valence-electron chi connectivity index (χ4n) is 3.19. The van der Waals surface area contributed by atoms with E-state index in [0.717, 1.165) is 16.8 Å². The van der Waals surface area contributed by atoms with Crippen molar-refractivity contribution in [2.24, 2.45) is 5.92 Å². The van der Waals surface area contributed by atoms with Crippen molar-refractivity contribution in [2.75, 3.05) is 0 Å². The molecule has 0 amide bonds. The van der Waals surface area contributed by atoms with E-state index in [-0.39, 0.29) is 0 Å². The Morgan fingerprint density at radius 3 is 2.20 bits per heavy atom. The molecule has 0 atom stereocenters. The molecule has 1 heterocycles. The molecule has 1 aromatic heterocycles. The summed E-state index contributed by atoms with van der Waals surface area (Å²) in [7, 11) is 0. The fourth-order valence-corrected chi connectivity index (χ4v) is 3.19. The van der Waals surface area contributed by atoms with Crippen molar-refractivity contribution < 1.29 is 0 Å². The topological polar surface area (TPSA) is 12.9 Å². The maximum atomic E-state index is 4.58. The quantitative estimate of drug-likeness (QED) is 0.519. The van der Waals surface area contributed by atoms with Crippen LogP contribution in [0.1, 0.15) is 30.5 Å². The third kappa shape index (κ3) is 3.71. The van der Waals surface area contributed by atoms with Gasteiger partial charge in [-0.05, 0) is 60.2 Å². The maximum Gasteiger partial charge on any atom is 0.0708 e. The number of nitrogens with zero attached hydrogens (tertiary/aromatic N) is 1. The highest BCUT2D eigenvalue weighted by Gasteiger charge is 2.13. The summed E-state index contributed by atoms with van der Waals surface area (Å²) < 4.78 is 0. The molecule has 0 unspecified atom stereocenters. The molecule has 0 N–H and O–H groups in total. The summed E-state index contributed by atoms with van der Waals surface area (Å²) in [6.45, 7) is 13.0. The van der Waals surface area contributed by atoms with E-state index in [1.807, 2.05) is 18.3 Å². The van der Waals surface area contributed by atoms with Crippen molar-refractivity contribution >= 4 is 5.57 Å². The third-order valence-electron chi connectivity index (χ3n) is 4.56. The van der Waals surface area contributed by atoms with E-state index < -0.39 is 0 Å². The fraction of sp³-hybridized carbons (Fsp3) is 0.208. The van der Waals surface area contributed by atoms with Gasteiger partial charge in [-0.25, -0.2) is 0 Å². The van der Waals surface area contributed by atoms with Gasteiger partial charge >= 0.3 is 0 Å². The molecule has 2 aromatic carbocycles. The highest BCUT2D eigenvalue weighted by atomic mass is 14.7. The molecule has 1 heteroatoms. The van der Waals surface area contributed by atoms with Gasteiger partial charge < -0.3 is 0 Å². The zero-order valence-corrected chi connectivity index (χ0v) is 15.5. The molecule has 25 heavy (non-hydrogen) atoms. The zero-order valence-electron chi connectivity index (χ0n) is 15.5. The molecule has 126 valence electrons. The van der Waals surface area contributed by atoms with Crippen LogP contribution in [-0.2, 0) is 0 Å². The Kier molecular flexibility index (Phi) is 4.85. The predicted octanol–water partition coefficient (Wildman–Crippen LogP) is 6.70. The SMILES string of the molecule is C=C(c1ccc(-c2cc(C)cc(C)c2)cc1-c1ccccn1)C(C)C. The minimum absolute atomic E-state index is 0.398. The van der Waals surface area contributed by atoms with Crippen molar-refractivity contribution in [3.8, 4) is 22.4 Å². The summed E-state index contributed by atoms with van der Waals surface area (Å²) in [6, 6.07) is 19.4. The van der Waals surface area contributed by atoms with E-state index >= 15 is 0 Å². The largest absolute Gasteiger partial charge is 0.256 e. The van der Waals surface area contributed by atoms with Gasteiger partial charge in [-0.1, -0.05) is 68.0 Å². The van der Waals surface area contributed by atoms with Crippen molar-refractivity contribution in [2.45, 2.75) is 27.7 Å². The molecular weight excluding hydrogens is 302 g/mol. The van der Waals surface area contributed by atoms with E-state index in [2.05, 4.69) is 81.7 Å².